The van der Waals surface area contributed by atoms with E-state index in [1.54, 1.807) is 0 Å². The summed E-state index contributed by atoms with van der Waals surface area (Å²) >= 11 is 3.48. The van der Waals surface area contributed by atoms with Crippen molar-refractivity contribution in [2.45, 2.75) is 19.3 Å². The van der Waals surface area contributed by atoms with Gasteiger partial charge in [0.15, 0.2) is 0 Å². The predicted molar refractivity (Wildman–Crippen MR) is 76.4 cm³/mol. The van der Waals surface area contributed by atoms with E-state index in [0.717, 1.165) is 23.5 Å². The van der Waals surface area contributed by atoms with E-state index < -0.39 is 0 Å². The SMILES string of the molecule is CC(C)(CNCC1CNC1)c1ccc(Br)cc1. The van der Waals surface area contributed by atoms with Crippen molar-refractivity contribution in [1.29, 1.82) is 0 Å². The summed E-state index contributed by atoms with van der Waals surface area (Å²) in [5.41, 5.74) is 1.58. The zero-order chi connectivity index (χ0) is 12.3. The molecule has 0 radical (unpaired) electrons. The maximum absolute atomic E-state index is 3.59. The lowest BCUT2D eigenvalue weighted by Gasteiger charge is -2.30. The van der Waals surface area contributed by atoms with Crippen molar-refractivity contribution in [1.82, 2.24) is 10.6 Å². The fourth-order valence-corrected chi connectivity index (χ4v) is 2.35. The molecular formula is C14H21BrN2. The molecule has 1 aromatic rings. The van der Waals surface area contributed by atoms with Crippen molar-refractivity contribution in [2.24, 2.45) is 5.92 Å². The Morgan fingerprint density at radius 3 is 2.47 bits per heavy atom. The molecular weight excluding hydrogens is 276 g/mol. The Balaban J connectivity index is 1.86. The number of rotatable bonds is 5. The molecule has 0 aliphatic carbocycles. The Bertz CT molecular complexity index is 355. The molecule has 0 saturated carbocycles. The highest BCUT2D eigenvalue weighted by molar-refractivity contribution is 9.10. The van der Waals surface area contributed by atoms with Gasteiger partial charge in [-0.15, -0.1) is 0 Å². The molecule has 17 heavy (non-hydrogen) atoms. The van der Waals surface area contributed by atoms with Gasteiger partial charge in [-0.25, -0.2) is 0 Å². The number of nitrogens with one attached hydrogen (secondary N) is 2. The average Bonchev–Trinajstić information content (AvgIpc) is 2.22. The normalized spacial score (nSPS) is 16.9. The minimum Gasteiger partial charge on any atom is -0.316 e. The van der Waals surface area contributed by atoms with Crippen LogP contribution in [-0.2, 0) is 5.41 Å². The van der Waals surface area contributed by atoms with Crippen LogP contribution in [0.4, 0.5) is 0 Å². The summed E-state index contributed by atoms with van der Waals surface area (Å²) in [4.78, 5) is 0. The molecule has 1 heterocycles. The first kappa shape index (κ1) is 13.1. The first-order chi connectivity index (χ1) is 8.08. The van der Waals surface area contributed by atoms with E-state index in [9.17, 15) is 0 Å². The number of hydrogen-bond donors (Lipinski definition) is 2. The van der Waals surface area contributed by atoms with Gasteiger partial charge >= 0.3 is 0 Å². The van der Waals surface area contributed by atoms with Crippen LogP contribution >= 0.6 is 15.9 Å². The molecule has 1 aliphatic rings. The van der Waals surface area contributed by atoms with Gasteiger partial charge in [0.2, 0.25) is 0 Å². The Kier molecular flexibility index (Phi) is 4.23. The van der Waals surface area contributed by atoms with Crippen molar-refractivity contribution in [3.63, 3.8) is 0 Å². The Morgan fingerprint density at radius 2 is 1.94 bits per heavy atom. The first-order valence-electron chi connectivity index (χ1n) is 6.25. The van der Waals surface area contributed by atoms with E-state index in [1.165, 1.54) is 18.7 Å². The zero-order valence-electron chi connectivity index (χ0n) is 10.6. The van der Waals surface area contributed by atoms with E-state index >= 15 is 0 Å². The standard InChI is InChI=1S/C14H21BrN2/c1-14(2,10-17-9-11-7-16-8-11)12-3-5-13(15)6-4-12/h3-6,11,16-17H,7-10H2,1-2H3. The lowest BCUT2D eigenvalue weighted by molar-refractivity contribution is 0.319. The molecule has 0 unspecified atom stereocenters. The van der Waals surface area contributed by atoms with E-state index in [-0.39, 0.29) is 5.41 Å². The quantitative estimate of drug-likeness (QED) is 0.873. The molecule has 2 rings (SSSR count). The first-order valence-corrected chi connectivity index (χ1v) is 7.05. The van der Waals surface area contributed by atoms with Crippen LogP contribution in [0.2, 0.25) is 0 Å². The molecule has 0 spiro atoms. The molecule has 0 aromatic heterocycles. The van der Waals surface area contributed by atoms with Gasteiger partial charge < -0.3 is 10.6 Å². The second-order valence-electron chi connectivity index (χ2n) is 5.55. The van der Waals surface area contributed by atoms with Gasteiger partial charge in [0.25, 0.3) is 0 Å². The number of hydrogen-bond acceptors (Lipinski definition) is 2. The molecule has 1 fully saturated rings. The van der Waals surface area contributed by atoms with Crippen molar-refractivity contribution < 1.29 is 0 Å². The molecule has 3 heteroatoms. The highest BCUT2D eigenvalue weighted by Gasteiger charge is 2.22. The van der Waals surface area contributed by atoms with E-state index in [2.05, 4.69) is 64.7 Å². The van der Waals surface area contributed by atoms with Crippen LogP contribution in [0, 0.1) is 5.92 Å². The molecule has 2 N–H and O–H groups in total. The fraction of sp³-hybridized carbons (Fsp3) is 0.571. The molecule has 1 aliphatic heterocycles. The highest BCUT2D eigenvalue weighted by atomic mass is 79.9. The summed E-state index contributed by atoms with van der Waals surface area (Å²) < 4.78 is 1.14. The summed E-state index contributed by atoms with van der Waals surface area (Å²) in [7, 11) is 0. The zero-order valence-corrected chi connectivity index (χ0v) is 12.2. The van der Waals surface area contributed by atoms with Crippen LogP contribution in [0.15, 0.2) is 28.7 Å². The molecule has 1 saturated heterocycles. The summed E-state index contributed by atoms with van der Waals surface area (Å²) in [6.45, 7) is 9.10. The maximum atomic E-state index is 3.59. The van der Waals surface area contributed by atoms with Crippen molar-refractivity contribution >= 4 is 15.9 Å². The molecule has 0 amide bonds. The molecule has 1 aromatic carbocycles. The topological polar surface area (TPSA) is 24.1 Å². The minimum atomic E-state index is 0.192. The molecule has 0 atom stereocenters. The molecule has 0 bridgehead atoms. The average molecular weight is 297 g/mol. The van der Waals surface area contributed by atoms with Crippen LogP contribution in [0.1, 0.15) is 19.4 Å². The summed E-state index contributed by atoms with van der Waals surface area (Å²) in [6.07, 6.45) is 0. The van der Waals surface area contributed by atoms with Gasteiger partial charge in [0.05, 0.1) is 0 Å². The van der Waals surface area contributed by atoms with Crippen LogP contribution in [-0.4, -0.2) is 26.2 Å². The summed E-state index contributed by atoms with van der Waals surface area (Å²) in [5, 5.41) is 6.89. The number of benzene rings is 1. The van der Waals surface area contributed by atoms with Gasteiger partial charge in [-0.1, -0.05) is 41.9 Å². The van der Waals surface area contributed by atoms with Crippen molar-refractivity contribution in [3.05, 3.63) is 34.3 Å². The Hall–Kier alpha value is -0.380. The second-order valence-corrected chi connectivity index (χ2v) is 6.46. The lowest BCUT2D eigenvalue weighted by Crippen LogP contribution is -2.48. The third kappa shape index (κ3) is 3.54. The largest absolute Gasteiger partial charge is 0.316 e. The summed E-state index contributed by atoms with van der Waals surface area (Å²) in [5.74, 6) is 0.829. The summed E-state index contributed by atoms with van der Waals surface area (Å²) in [6, 6.07) is 8.65. The molecule has 94 valence electrons. The lowest BCUT2D eigenvalue weighted by atomic mass is 9.84. The number of halogens is 1. The van der Waals surface area contributed by atoms with Gasteiger partial charge in [-0.05, 0) is 23.6 Å². The van der Waals surface area contributed by atoms with Crippen molar-refractivity contribution in [2.75, 3.05) is 26.2 Å². The third-order valence-electron chi connectivity index (χ3n) is 3.49. The van der Waals surface area contributed by atoms with Crippen molar-refractivity contribution in [3.8, 4) is 0 Å². The molecule has 2 nitrogen and oxygen atoms in total. The monoisotopic (exact) mass is 296 g/mol. The van der Waals surface area contributed by atoms with Gasteiger partial charge in [-0.2, -0.15) is 0 Å². The smallest absolute Gasteiger partial charge is 0.0175 e. The fourth-order valence-electron chi connectivity index (χ4n) is 2.08. The minimum absolute atomic E-state index is 0.192. The predicted octanol–water partition coefficient (Wildman–Crippen LogP) is 2.54. The Morgan fingerprint density at radius 1 is 1.29 bits per heavy atom. The van der Waals surface area contributed by atoms with Crippen LogP contribution < -0.4 is 10.6 Å². The van der Waals surface area contributed by atoms with E-state index in [4.69, 9.17) is 0 Å². The van der Waals surface area contributed by atoms with Gasteiger partial charge in [-0.3, -0.25) is 0 Å². The van der Waals surface area contributed by atoms with E-state index in [0.29, 0.717) is 0 Å². The van der Waals surface area contributed by atoms with Crippen LogP contribution in [0.3, 0.4) is 0 Å². The van der Waals surface area contributed by atoms with E-state index in [1.807, 2.05) is 0 Å². The van der Waals surface area contributed by atoms with Gasteiger partial charge in [0, 0.05) is 36.1 Å². The van der Waals surface area contributed by atoms with Crippen LogP contribution in [0.5, 0.6) is 0 Å². The van der Waals surface area contributed by atoms with Crippen LogP contribution in [0.25, 0.3) is 0 Å². The van der Waals surface area contributed by atoms with Gasteiger partial charge in [0.1, 0.15) is 0 Å². The second kappa shape index (κ2) is 5.51. The maximum Gasteiger partial charge on any atom is 0.0175 e. The Labute approximate surface area is 112 Å². The highest BCUT2D eigenvalue weighted by Crippen LogP contribution is 2.24. The third-order valence-corrected chi connectivity index (χ3v) is 4.02.